The number of halogens is 1. The predicted octanol–water partition coefficient (Wildman–Crippen LogP) is 1.25. The molecule has 0 saturated carbocycles. The summed E-state index contributed by atoms with van der Waals surface area (Å²) >= 11 is 0. The van der Waals surface area contributed by atoms with Crippen molar-refractivity contribution in [3.05, 3.63) is 35.6 Å². The van der Waals surface area contributed by atoms with Gasteiger partial charge in [0.2, 0.25) is 5.91 Å². The van der Waals surface area contributed by atoms with Crippen LogP contribution >= 0.6 is 0 Å². The molecule has 0 bridgehead atoms. The van der Waals surface area contributed by atoms with Crippen LogP contribution in [-0.2, 0) is 11.2 Å². The lowest BCUT2D eigenvalue weighted by Gasteiger charge is -2.43. The maximum atomic E-state index is 13.6. The Morgan fingerprint density at radius 1 is 1.24 bits per heavy atom. The van der Waals surface area contributed by atoms with E-state index in [1.165, 1.54) is 6.07 Å². The fraction of sp³-hybridized carbons (Fsp3) is 0.562. The van der Waals surface area contributed by atoms with Crippen molar-refractivity contribution in [1.29, 1.82) is 0 Å². The summed E-state index contributed by atoms with van der Waals surface area (Å²) in [6.45, 7) is 7.80. The molecule has 0 unspecified atom stereocenters. The van der Waals surface area contributed by atoms with Crippen molar-refractivity contribution in [2.75, 3.05) is 32.7 Å². The monoisotopic (exact) mass is 293 g/mol. The Morgan fingerprint density at radius 3 is 2.43 bits per heavy atom. The molecule has 0 spiro atoms. The first-order valence-corrected chi connectivity index (χ1v) is 7.40. The first-order valence-electron chi connectivity index (χ1n) is 7.40. The molecule has 1 aliphatic rings. The van der Waals surface area contributed by atoms with Crippen LogP contribution in [0.25, 0.3) is 0 Å². The Morgan fingerprint density at radius 2 is 1.86 bits per heavy atom. The minimum Gasteiger partial charge on any atom is -0.340 e. The molecule has 2 rings (SSSR count). The van der Waals surface area contributed by atoms with E-state index in [1.54, 1.807) is 18.2 Å². The van der Waals surface area contributed by atoms with Crippen molar-refractivity contribution in [3.63, 3.8) is 0 Å². The summed E-state index contributed by atoms with van der Waals surface area (Å²) in [5.74, 6) is -0.320. The Balaban J connectivity index is 1.91. The van der Waals surface area contributed by atoms with Gasteiger partial charge < -0.3 is 10.6 Å². The van der Waals surface area contributed by atoms with E-state index in [4.69, 9.17) is 5.73 Å². The highest BCUT2D eigenvalue weighted by Gasteiger charge is 2.30. The quantitative estimate of drug-likeness (QED) is 0.909. The SMILES string of the molecule is CC(C)(CN)N1CCN(C(=O)Cc2ccccc2F)CC1. The highest BCUT2D eigenvalue weighted by atomic mass is 19.1. The average molecular weight is 293 g/mol. The first kappa shape index (κ1) is 15.9. The van der Waals surface area contributed by atoms with Crippen molar-refractivity contribution in [2.24, 2.45) is 5.73 Å². The van der Waals surface area contributed by atoms with Gasteiger partial charge in [0.15, 0.2) is 0 Å². The van der Waals surface area contributed by atoms with Crippen LogP contribution in [0.15, 0.2) is 24.3 Å². The second-order valence-corrected chi connectivity index (χ2v) is 6.15. The first-order chi connectivity index (χ1) is 9.94. The van der Waals surface area contributed by atoms with Gasteiger partial charge in [0, 0.05) is 38.3 Å². The van der Waals surface area contributed by atoms with Crippen LogP contribution in [0, 0.1) is 5.82 Å². The highest BCUT2D eigenvalue weighted by molar-refractivity contribution is 5.79. The lowest BCUT2D eigenvalue weighted by Crippen LogP contribution is -2.58. The van der Waals surface area contributed by atoms with Gasteiger partial charge in [-0.15, -0.1) is 0 Å². The molecule has 1 heterocycles. The number of nitrogens with zero attached hydrogens (tertiary/aromatic N) is 2. The summed E-state index contributed by atoms with van der Waals surface area (Å²) in [4.78, 5) is 16.4. The highest BCUT2D eigenvalue weighted by Crippen LogP contribution is 2.16. The van der Waals surface area contributed by atoms with Crippen LogP contribution in [0.2, 0.25) is 0 Å². The topological polar surface area (TPSA) is 49.6 Å². The molecule has 1 aliphatic heterocycles. The van der Waals surface area contributed by atoms with Crippen molar-refractivity contribution in [2.45, 2.75) is 25.8 Å². The average Bonchev–Trinajstić information content (AvgIpc) is 2.49. The summed E-state index contributed by atoms with van der Waals surface area (Å²) in [6, 6.07) is 6.45. The van der Waals surface area contributed by atoms with Gasteiger partial charge in [-0.25, -0.2) is 4.39 Å². The molecular formula is C16H24FN3O. The van der Waals surface area contributed by atoms with Crippen LogP contribution in [0.3, 0.4) is 0 Å². The van der Waals surface area contributed by atoms with Gasteiger partial charge in [-0.05, 0) is 25.5 Å². The molecule has 21 heavy (non-hydrogen) atoms. The van der Waals surface area contributed by atoms with Gasteiger partial charge in [-0.2, -0.15) is 0 Å². The molecule has 1 amide bonds. The summed E-state index contributed by atoms with van der Waals surface area (Å²) < 4.78 is 13.6. The summed E-state index contributed by atoms with van der Waals surface area (Å²) in [5, 5.41) is 0. The van der Waals surface area contributed by atoms with E-state index in [0.29, 0.717) is 25.2 Å². The van der Waals surface area contributed by atoms with E-state index < -0.39 is 0 Å². The van der Waals surface area contributed by atoms with E-state index >= 15 is 0 Å². The number of hydrogen-bond acceptors (Lipinski definition) is 3. The minimum absolute atomic E-state index is 0.00898. The summed E-state index contributed by atoms with van der Waals surface area (Å²) in [6.07, 6.45) is 0.132. The number of hydrogen-bond donors (Lipinski definition) is 1. The summed E-state index contributed by atoms with van der Waals surface area (Å²) in [7, 11) is 0. The van der Waals surface area contributed by atoms with Crippen LogP contribution in [0.4, 0.5) is 4.39 Å². The molecule has 1 saturated heterocycles. The van der Waals surface area contributed by atoms with Crippen molar-refractivity contribution < 1.29 is 9.18 Å². The third-order valence-electron chi connectivity index (χ3n) is 4.29. The number of piperazine rings is 1. The second kappa shape index (κ2) is 6.54. The molecule has 0 aromatic heterocycles. The zero-order valence-electron chi connectivity index (χ0n) is 12.8. The molecule has 0 atom stereocenters. The lowest BCUT2D eigenvalue weighted by molar-refractivity contribution is -0.133. The number of amides is 1. The number of benzene rings is 1. The number of nitrogens with two attached hydrogens (primary N) is 1. The van der Waals surface area contributed by atoms with Crippen LogP contribution in [-0.4, -0.2) is 54.0 Å². The van der Waals surface area contributed by atoms with Gasteiger partial charge in [-0.1, -0.05) is 18.2 Å². The second-order valence-electron chi connectivity index (χ2n) is 6.15. The maximum absolute atomic E-state index is 13.6. The minimum atomic E-state index is -0.311. The van der Waals surface area contributed by atoms with Crippen molar-refractivity contribution in [3.8, 4) is 0 Å². The molecule has 1 fully saturated rings. The van der Waals surface area contributed by atoms with E-state index in [1.807, 2.05) is 4.90 Å². The molecule has 0 radical (unpaired) electrons. The standard InChI is InChI=1S/C16H24FN3O/c1-16(2,12-18)20-9-7-19(8-10-20)15(21)11-13-5-3-4-6-14(13)17/h3-6H,7-12,18H2,1-2H3. The van der Waals surface area contributed by atoms with Gasteiger partial charge in [0.05, 0.1) is 6.42 Å². The molecule has 4 nitrogen and oxygen atoms in total. The van der Waals surface area contributed by atoms with Gasteiger partial charge in [-0.3, -0.25) is 9.69 Å². The van der Waals surface area contributed by atoms with E-state index in [0.717, 1.165) is 13.1 Å². The molecule has 5 heteroatoms. The molecular weight excluding hydrogens is 269 g/mol. The Hall–Kier alpha value is -1.46. The normalized spacial score (nSPS) is 17.0. The lowest BCUT2D eigenvalue weighted by atomic mass is 10.0. The molecule has 2 N–H and O–H groups in total. The van der Waals surface area contributed by atoms with Gasteiger partial charge in [0.25, 0.3) is 0 Å². The Kier molecular flexibility index (Phi) is 4.96. The smallest absolute Gasteiger partial charge is 0.227 e. The molecule has 1 aromatic carbocycles. The van der Waals surface area contributed by atoms with Crippen molar-refractivity contribution in [1.82, 2.24) is 9.80 Å². The van der Waals surface area contributed by atoms with E-state index in [-0.39, 0.29) is 23.7 Å². The maximum Gasteiger partial charge on any atom is 0.227 e. The number of carbonyl (C=O) groups is 1. The number of rotatable bonds is 4. The number of carbonyl (C=O) groups excluding carboxylic acids is 1. The third-order valence-corrected chi connectivity index (χ3v) is 4.29. The zero-order chi connectivity index (χ0) is 15.5. The Bertz CT molecular complexity index is 496. The fourth-order valence-electron chi connectivity index (χ4n) is 2.61. The van der Waals surface area contributed by atoms with E-state index in [2.05, 4.69) is 18.7 Å². The van der Waals surface area contributed by atoms with Crippen molar-refractivity contribution >= 4 is 5.91 Å². The van der Waals surface area contributed by atoms with Crippen LogP contribution in [0.1, 0.15) is 19.4 Å². The van der Waals surface area contributed by atoms with Crippen LogP contribution < -0.4 is 5.73 Å². The zero-order valence-corrected chi connectivity index (χ0v) is 12.8. The van der Waals surface area contributed by atoms with Gasteiger partial charge in [0.1, 0.15) is 5.82 Å². The molecule has 1 aromatic rings. The largest absolute Gasteiger partial charge is 0.340 e. The summed E-state index contributed by atoms with van der Waals surface area (Å²) in [5.41, 5.74) is 6.21. The Labute approximate surface area is 125 Å². The third kappa shape index (κ3) is 3.80. The van der Waals surface area contributed by atoms with E-state index in [9.17, 15) is 9.18 Å². The molecule has 116 valence electrons. The van der Waals surface area contributed by atoms with Gasteiger partial charge >= 0.3 is 0 Å². The fourth-order valence-corrected chi connectivity index (χ4v) is 2.61. The molecule has 0 aliphatic carbocycles. The predicted molar refractivity (Wildman–Crippen MR) is 81.4 cm³/mol. The van der Waals surface area contributed by atoms with Crippen LogP contribution in [0.5, 0.6) is 0 Å².